The molecule has 0 aromatic carbocycles. The molecule has 0 unspecified atom stereocenters. The van der Waals surface area contributed by atoms with Crippen molar-refractivity contribution in [1.29, 1.82) is 0 Å². The minimum Gasteiger partial charge on any atom is -0.395 e. The number of aromatic amines is 1. The Hall–Kier alpha value is -1.13. The first kappa shape index (κ1) is 14.3. The van der Waals surface area contributed by atoms with Crippen LogP contribution in [0.4, 0.5) is 0 Å². The molecule has 19 heavy (non-hydrogen) atoms. The quantitative estimate of drug-likeness (QED) is 0.406. The molecule has 106 valence electrons. The molecule has 2 heterocycles. The Kier molecular flexibility index (Phi) is 3.83. The number of thioether (sulfide) groups is 1. The zero-order valence-corrected chi connectivity index (χ0v) is 10.6. The lowest BCUT2D eigenvalue weighted by Crippen LogP contribution is -2.46. The van der Waals surface area contributed by atoms with Crippen LogP contribution in [0.2, 0.25) is 0 Å². The van der Waals surface area contributed by atoms with E-state index in [-0.39, 0.29) is 0 Å². The van der Waals surface area contributed by atoms with E-state index in [9.17, 15) is 30.0 Å². The van der Waals surface area contributed by atoms with E-state index >= 15 is 0 Å². The van der Waals surface area contributed by atoms with Crippen LogP contribution in [-0.2, 0) is 0 Å². The minimum atomic E-state index is -1.39. The Bertz CT molecular complexity index is 566. The number of aliphatic hydroxyl groups excluding tert-OH is 4. The number of H-pyrrole nitrogens is 1. The summed E-state index contributed by atoms with van der Waals surface area (Å²) in [7, 11) is 0. The molecule has 8 nitrogen and oxygen atoms in total. The number of hydrogen-bond donors (Lipinski definition) is 5. The van der Waals surface area contributed by atoms with Gasteiger partial charge in [0.1, 0.15) is 17.6 Å². The fourth-order valence-corrected chi connectivity index (χ4v) is 3.48. The number of aliphatic hydroxyl groups is 4. The maximum absolute atomic E-state index is 11.6. The summed E-state index contributed by atoms with van der Waals surface area (Å²) in [6.45, 7) is -1.11. The molecule has 0 aliphatic carbocycles. The highest BCUT2D eigenvalue weighted by atomic mass is 32.2. The Morgan fingerprint density at radius 2 is 1.95 bits per heavy atom. The lowest BCUT2D eigenvalue weighted by atomic mass is 9.99. The van der Waals surface area contributed by atoms with Crippen LogP contribution in [0.1, 0.15) is 5.37 Å². The number of nitrogens with zero attached hydrogens (tertiary/aromatic N) is 1. The summed E-state index contributed by atoms with van der Waals surface area (Å²) in [5.41, 5.74) is -1.31. The first-order valence-corrected chi connectivity index (χ1v) is 6.40. The van der Waals surface area contributed by atoms with Gasteiger partial charge in [-0.15, -0.1) is 11.8 Å². The monoisotopic (exact) mass is 290 g/mol. The maximum Gasteiger partial charge on any atom is 0.329 e. The largest absolute Gasteiger partial charge is 0.395 e. The highest BCUT2D eigenvalue weighted by Crippen LogP contribution is 2.48. The summed E-state index contributed by atoms with van der Waals surface area (Å²) in [6.07, 6.45) is -1.55. The van der Waals surface area contributed by atoms with Gasteiger partial charge in [0.05, 0.1) is 18.0 Å². The molecular formula is C10H14N2O6S. The van der Waals surface area contributed by atoms with Gasteiger partial charge in [0.15, 0.2) is 0 Å². The van der Waals surface area contributed by atoms with Gasteiger partial charge in [-0.25, -0.2) is 4.79 Å². The molecule has 1 aromatic heterocycles. The maximum atomic E-state index is 11.6. The van der Waals surface area contributed by atoms with Crippen LogP contribution in [-0.4, -0.2) is 60.1 Å². The average molecular weight is 290 g/mol. The van der Waals surface area contributed by atoms with E-state index < -0.39 is 46.8 Å². The summed E-state index contributed by atoms with van der Waals surface area (Å²) in [5.74, 6) is 0. The van der Waals surface area contributed by atoms with E-state index in [2.05, 4.69) is 0 Å². The van der Waals surface area contributed by atoms with Crippen LogP contribution in [0.5, 0.6) is 0 Å². The van der Waals surface area contributed by atoms with Crippen molar-refractivity contribution in [2.75, 3.05) is 13.2 Å². The van der Waals surface area contributed by atoms with Crippen molar-refractivity contribution in [2.24, 2.45) is 0 Å². The normalized spacial score (nSPS) is 29.6. The molecule has 0 spiro atoms. The highest BCUT2D eigenvalue weighted by molar-refractivity contribution is 8.01. The van der Waals surface area contributed by atoms with E-state index in [0.717, 1.165) is 22.4 Å². The van der Waals surface area contributed by atoms with Gasteiger partial charge >= 0.3 is 5.69 Å². The molecule has 1 saturated heterocycles. The standard InChI is InChI=1S/C10H14N2O6S/c13-3-10(4-14)7(17)6(16)8(19-10)12-2-1-5(15)11-9(12)18/h1-2,6-8,13-14,16-17H,3-4H2,(H,11,15,18)/t6-,7+,8-/m1/s1. The SMILES string of the molecule is O=c1ccn([C@@H]2SC(CO)(CO)[C@@H](O)[C@H]2O)c(=O)[nH]1. The van der Waals surface area contributed by atoms with Gasteiger partial charge in [0.2, 0.25) is 0 Å². The van der Waals surface area contributed by atoms with E-state index in [4.69, 9.17) is 0 Å². The molecule has 1 fully saturated rings. The van der Waals surface area contributed by atoms with Crippen molar-refractivity contribution < 1.29 is 20.4 Å². The van der Waals surface area contributed by atoms with E-state index in [0.29, 0.717) is 0 Å². The minimum absolute atomic E-state index is 0.555. The van der Waals surface area contributed by atoms with Crippen molar-refractivity contribution in [3.05, 3.63) is 33.1 Å². The molecule has 1 aromatic rings. The molecule has 3 atom stereocenters. The lowest BCUT2D eigenvalue weighted by Gasteiger charge is -2.27. The van der Waals surface area contributed by atoms with Crippen molar-refractivity contribution in [1.82, 2.24) is 9.55 Å². The van der Waals surface area contributed by atoms with Crippen molar-refractivity contribution in [3.8, 4) is 0 Å². The smallest absolute Gasteiger partial charge is 0.329 e. The Balaban J connectivity index is 2.42. The first-order chi connectivity index (χ1) is 8.95. The topological polar surface area (TPSA) is 136 Å². The molecule has 0 saturated carbocycles. The van der Waals surface area contributed by atoms with Crippen LogP contribution < -0.4 is 11.2 Å². The Morgan fingerprint density at radius 1 is 1.32 bits per heavy atom. The fraction of sp³-hybridized carbons (Fsp3) is 0.600. The molecule has 5 N–H and O–H groups in total. The van der Waals surface area contributed by atoms with Crippen LogP contribution in [0.3, 0.4) is 0 Å². The number of hydrogen-bond acceptors (Lipinski definition) is 7. The summed E-state index contributed by atoms with van der Waals surface area (Å²) < 4.78 is -0.299. The first-order valence-electron chi connectivity index (χ1n) is 5.52. The average Bonchev–Trinajstić information content (AvgIpc) is 2.64. The molecule has 1 aliphatic heterocycles. The molecule has 9 heteroatoms. The zero-order valence-electron chi connectivity index (χ0n) is 9.76. The third kappa shape index (κ3) is 2.23. The van der Waals surface area contributed by atoms with Crippen molar-refractivity contribution in [3.63, 3.8) is 0 Å². The number of nitrogens with one attached hydrogen (secondary N) is 1. The molecule has 0 bridgehead atoms. The van der Waals surface area contributed by atoms with Crippen LogP contribution in [0.15, 0.2) is 21.9 Å². The molecular weight excluding hydrogens is 276 g/mol. The lowest BCUT2D eigenvalue weighted by molar-refractivity contribution is -0.0264. The third-order valence-corrected chi connectivity index (χ3v) is 4.89. The van der Waals surface area contributed by atoms with E-state index in [1.165, 1.54) is 6.20 Å². The van der Waals surface area contributed by atoms with Gasteiger partial charge in [-0.05, 0) is 0 Å². The zero-order chi connectivity index (χ0) is 14.2. The van der Waals surface area contributed by atoms with Crippen LogP contribution >= 0.6 is 11.8 Å². The summed E-state index contributed by atoms with van der Waals surface area (Å²) >= 11 is 0.888. The summed E-state index contributed by atoms with van der Waals surface area (Å²) in [6, 6.07) is 1.11. The second kappa shape index (κ2) is 5.10. The van der Waals surface area contributed by atoms with Gasteiger partial charge in [-0.2, -0.15) is 0 Å². The van der Waals surface area contributed by atoms with Gasteiger partial charge in [0.25, 0.3) is 5.56 Å². The molecule has 2 rings (SSSR count). The van der Waals surface area contributed by atoms with Gasteiger partial charge in [-0.1, -0.05) is 0 Å². The fourth-order valence-electron chi connectivity index (χ4n) is 2.01. The van der Waals surface area contributed by atoms with Gasteiger partial charge in [0, 0.05) is 12.3 Å². The predicted molar refractivity (Wildman–Crippen MR) is 66.9 cm³/mol. The van der Waals surface area contributed by atoms with Crippen LogP contribution in [0, 0.1) is 0 Å². The Morgan fingerprint density at radius 3 is 2.42 bits per heavy atom. The molecule has 0 amide bonds. The van der Waals surface area contributed by atoms with E-state index in [1.54, 1.807) is 0 Å². The predicted octanol–water partition coefficient (Wildman–Crippen LogP) is -2.77. The van der Waals surface area contributed by atoms with Crippen molar-refractivity contribution in [2.45, 2.75) is 22.3 Å². The number of aromatic nitrogens is 2. The number of rotatable bonds is 3. The Labute approximate surface area is 111 Å². The van der Waals surface area contributed by atoms with Gasteiger partial charge in [-0.3, -0.25) is 14.3 Å². The second-order valence-electron chi connectivity index (χ2n) is 4.34. The summed E-state index contributed by atoms with van der Waals surface area (Å²) in [4.78, 5) is 24.7. The summed E-state index contributed by atoms with van der Waals surface area (Å²) in [5, 5.41) is 37.5. The second-order valence-corrected chi connectivity index (χ2v) is 5.87. The van der Waals surface area contributed by atoms with Crippen molar-refractivity contribution >= 4 is 11.8 Å². The third-order valence-electron chi connectivity index (χ3n) is 3.17. The van der Waals surface area contributed by atoms with E-state index in [1.807, 2.05) is 4.98 Å². The van der Waals surface area contributed by atoms with Crippen LogP contribution in [0.25, 0.3) is 0 Å². The highest BCUT2D eigenvalue weighted by Gasteiger charge is 2.54. The molecule has 1 aliphatic rings. The van der Waals surface area contributed by atoms with Gasteiger partial charge < -0.3 is 20.4 Å². The molecule has 0 radical (unpaired) electrons.